The molecular formula is C21H17ClN5O3S+. The molecule has 1 N–H and O–H groups in total. The van der Waals surface area contributed by atoms with E-state index in [2.05, 4.69) is 15.6 Å². The molecule has 0 saturated carbocycles. The first-order valence-electron chi connectivity index (χ1n) is 9.21. The third kappa shape index (κ3) is 4.84. The van der Waals surface area contributed by atoms with E-state index in [1.165, 1.54) is 9.58 Å². The lowest BCUT2D eigenvalue weighted by Crippen LogP contribution is -2.31. The number of hydrogen-bond donors (Lipinski definition) is 1. The molecule has 2 heterocycles. The molecule has 3 aromatic rings. The van der Waals surface area contributed by atoms with Gasteiger partial charge in [0.25, 0.3) is 12.1 Å². The summed E-state index contributed by atoms with van der Waals surface area (Å²) in [5.41, 5.74) is 1.58. The smallest absolute Gasteiger partial charge is 0.288 e. The molecule has 156 valence electrons. The van der Waals surface area contributed by atoms with Gasteiger partial charge in [-0.15, -0.1) is 0 Å². The molecule has 0 atom stereocenters. The van der Waals surface area contributed by atoms with Crippen LogP contribution in [0.2, 0.25) is 5.02 Å². The van der Waals surface area contributed by atoms with Crippen LogP contribution in [0.3, 0.4) is 0 Å². The van der Waals surface area contributed by atoms with Crippen LogP contribution in [0.5, 0.6) is 0 Å². The monoisotopic (exact) mass is 454 g/mol. The highest BCUT2D eigenvalue weighted by Gasteiger charge is 2.32. The predicted octanol–water partition coefficient (Wildman–Crippen LogP) is 3.27. The van der Waals surface area contributed by atoms with Gasteiger partial charge in [0, 0.05) is 5.02 Å². The second kappa shape index (κ2) is 9.15. The number of aromatic nitrogens is 2. The molecule has 4 rings (SSSR count). The summed E-state index contributed by atoms with van der Waals surface area (Å²) >= 11 is 7.37. The highest BCUT2D eigenvalue weighted by molar-refractivity contribution is 8.14. The van der Waals surface area contributed by atoms with Gasteiger partial charge in [0.05, 0.1) is 11.4 Å². The lowest BCUT2D eigenvalue weighted by molar-refractivity contribution is -0.739. The quantitative estimate of drug-likeness (QED) is 0.472. The zero-order valence-corrected chi connectivity index (χ0v) is 17.9. The molecule has 0 fully saturated rings. The number of aliphatic imine (C=N–C) groups is 1. The summed E-state index contributed by atoms with van der Waals surface area (Å²) < 4.78 is 6.40. The molecule has 0 aliphatic carbocycles. The van der Waals surface area contributed by atoms with Crippen LogP contribution in [0.15, 0.2) is 76.0 Å². The fourth-order valence-corrected chi connectivity index (χ4v) is 3.82. The number of anilines is 2. The van der Waals surface area contributed by atoms with E-state index in [0.29, 0.717) is 21.4 Å². The normalized spacial score (nSPS) is 14.8. The first-order valence-corrected chi connectivity index (χ1v) is 10.6. The van der Waals surface area contributed by atoms with E-state index in [-0.39, 0.29) is 29.1 Å². The van der Waals surface area contributed by atoms with Crippen molar-refractivity contribution in [1.82, 2.24) is 5.27 Å². The fraction of sp³-hybridized carbons (Fsp3) is 0.0952. The van der Waals surface area contributed by atoms with Crippen molar-refractivity contribution in [2.75, 3.05) is 16.0 Å². The molecule has 0 unspecified atom stereocenters. The van der Waals surface area contributed by atoms with Gasteiger partial charge in [-0.1, -0.05) is 64.4 Å². The van der Waals surface area contributed by atoms with Gasteiger partial charge in [-0.25, -0.2) is 4.99 Å². The maximum atomic E-state index is 13.1. The van der Waals surface area contributed by atoms with Gasteiger partial charge in [0.15, 0.2) is 17.5 Å². The van der Waals surface area contributed by atoms with Crippen LogP contribution in [-0.4, -0.2) is 28.0 Å². The maximum absolute atomic E-state index is 13.1. The van der Waals surface area contributed by atoms with Gasteiger partial charge in [-0.05, 0) is 29.8 Å². The molecule has 0 bridgehead atoms. The molecular weight excluding hydrogens is 438 g/mol. The van der Waals surface area contributed by atoms with E-state index in [0.717, 1.165) is 11.8 Å². The van der Waals surface area contributed by atoms with Gasteiger partial charge in [-0.2, -0.15) is 0 Å². The van der Waals surface area contributed by atoms with Gasteiger partial charge < -0.3 is 0 Å². The summed E-state index contributed by atoms with van der Waals surface area (Å²) in [6, 6.07) is 16.3. The third-order valence-electron chi connectivity index (χ3n) is 4.21. The Balaban J connectivity index is 1.57. The first-order chi connectivity index (χ1) is 15.0. The number of rotatable bonds is 5. The van der Waals surface area contributed by atoms with E-state index < -0.39 is 0 Å². The van der Waals surface area contributed by atoms with Gasteiger partial charge in [0.1, 0.15) is 5.70 Å². The summed E-state index contributed by atoms with van der Waals surface area (Å²) in [7, 11) is 1.68. The molecule has 0 radical (unpaired) electrons. The Morgan fingerprint density at radius 1 is 1.23 bits per heavy atom. The second-order valence-electron chi connectivity index (χ2n) is 6.50. The van der Waals surface area contributed by atoms with E-state index in [1.54, 1.807) is 43.6 Å². The summed E-state index contributed by atoms with van der Waals surface area (Å²) in [6.07, 6.45) is 3.18. The molecule has 31 heavy (non-hydrogen) atoms. The molecule has 2 aromatic carbocycles. The average molecular weight is 455 g/mol. The van der Waals surface area contributed by atoms with Gasteiger partial charge >= 0.3 is 5.88 Å². The van der Waals surface area contributed by atoms with Crippen molar-refractivity contribution in [3.63, 3.8) is 0 Å². The zero-order valence-electron chi connectivity index (χ0n) is 16.4. The van der Waals surface area contributed by atoms with Crippen LogP contribution in [-0.2, 0) is 16.6 Å². The molecule has 2 amide bonds. The minimum atomic E-state index is -0.312. The Morgan fingerprint density at radius 3 is 2.68 bits per heavy atom. The molecule has 1 aliphatic heterocycles. The van der Waals surface area contributed by atoms with Gasteiger partial charge in [-0.3, -0.25) is 24.3 Å². The average Bonchev–Trinajstić information content (AvgIpc) is 3.31. The van der Waals surface area contributed by atoms with Crippen molar-refractivity contribution < 1.29 is 18.8 Å². The molecule has 8 nitrogen and oxygen atoms in total. The van der Waals surface area contributed by atoms with Crippen molar-refractivity contribution in [3.8, 4) is 0 Å². The maximum Gasteiger partial charge on any atom is 0.302 e. The molecule has 0 spiro atoms. The largest absolute Gasteiger partial charge is 0.302 e. The lowest BCUT2D eigenvalue weighted by Gasteiger charge is -2.17. The summed E-state index contributed by atoms with van der Waals surface area (Å²) in [5.74, 6) is -0.347. The first kappa shape index (κ1) is 20.8. The molecule has 1 aliphatic rings. The topological polar surface area (TPSA) is 91.7 Å². The number of carbonyl (C=O) groups is 2. The Kier molecular flexibility index (Phi) is 6.15. The lowest BCUT2D eigenvalue weighted by atomic mass is 10.2. The number of nitrogens with one attached hydrogen (secondary N) is 1. The SMILES string of the molecule is C[n+]1cc(NC(=O)CSC2=N/C(=C/c3ccccc3Cl)C(=O)N2c2ccccc2)on1. The van der Waals surface area contributed by atoms with Crippen LogP contribution in [0.25, 0.3) is 6.08 Å². The number of thioether (sulfide) groups is 1. The fourth-order valence-electron chi connectivity index (χ4n) is 2.82. The van der Waals surface area contributed by atoms with E-state index in [4.69, 9.17) is 16.1 Å². The summed E-state index contributed by atoms with van der Waals surface area (Å²) in [5, 5.41) is 7.18. The van der Waals surface area contributed by atoms with E-state index in [1.807, 2.05) is 30.3 Å². The number of amides is 2. The van der Waals surface area contributed by atoms with Crippen LogP contribution in [0, 0.1) is 0 Å². The molecule has 0 saturated heterocycles. The number of amidine groups is 1. The number of nitrogens with zero attached hydrogens (tertiary/aromatic N) is 4. The number of carbonyl (C=O) groups excluding carboxylic acids is 2. The van der Waals surface area contributed by atoms with Crippen molar-refractivity contribution in [1.29, 1.82) is 0 Å². The van der Waals surface area contributed by atoms with Crippen LogP contribution >= 0.6 is 23.4 Å². The number of benzene rings is 2. The molecule has 10 heteroatoms. The summed E-state index contributed by atoms with van der Waals surface area (Å²) in [6.45, 7) is 0. The number of para-hydroxylation sites is 1. The second-order valence-corrected chi connectivity index (χ2v) is 7.85. The third-order valence-corrected chi connectivity index (χ3v) is 5.49. The Morgan fingerprint density at radius 2 is 1.97 bits per heavy atom. The number of halogens is 1. The standard InChI is InChI=1S/C21H16ClN5O3S/c1-26-12-19(30-25-26)24-18(28)13-31-21-23-17(11-14-7-5-6-10-16(14)22)20(29)27(21)15-8-3-2-4-9-15/h2-12H,13H2,1H3/p+1/b17-11+. The highest BCUT2D eigenvalue weighted by Crippen LogP contribution is 2.30. The van der Waals surface area contributed by atoms with Crippen molar-refractivity contribution >= 4 is 58.0 Å². The van der Waals surface area contributed by atoms with Crippen LogP contribution in [0.4, 0.5) is 11.6 Å². The van der Waals surface area contributed by atoms with Crippen molar-refractivity contribution in [2.45, 2.75) is 0 Å². The minimum absolute atomic E-state index is 0.0270. The van der Waals surface area contributed by atoms with Crippen molar-refractivity contribution in [3.05, 3.63) is 77.1 Å². The van der Waals surface area contributed by atoms with Crippen LogP contribution < -0.4 is 14.9 Å². The predicted molar refractivity (Wildman–Crippen MR) is 120 cm³/mol. The van der Waals surface area contributed by atoms with Crippen LogP contribution in [0.1, 0.15) is 5.56 Å². The van der Waals surface area contributed by atoms with E-state index in [9.17, 15) is 9.59 Å². The highest BCUT2D eigenvalue weighted by atomic mass is 35.5. The minimum Gasteiger partial charge on any atom is -0.288 e. The Labute approximate surface area is 187 Å². The molecule has 1 aromatic heterocycles. The zero-order chi connectivity index (χ0) is 21.8. The number of hydrogen-bond acceptors (Lipinski definition) is 6. The number of aryl methyl sites for hydroxylation is 1. The Hall–Kier alpha value is -3.43. The van der Waals surface area contributed by atoms with Crippen molar-refractivity contribution in [2.24, 2.45) is 12.0 Å². The Bertz CT molecular complexity index is 1190. The van der Waals surface area contributed by atoms with Gasteiger partial charge in [0.2, 0.25) is 5.91 Å². The summed E-state index contributed by atoms with van der Waals surface area (Å²) in [4.78, 5) is 31.4. The van der Waals surface area contributed by atoms with E-state index >= 15 is 0 Å².